The molecule has 2 rings (SSSR count). The van der Waals surface area contributed by atoms with E-state index in [9.17, 15) is 9.90 Å². The molecule has 2 N–H and O–H groups in total. The van der Waals surface area contributed by atoms with Crippen molar-refractivity contribution in [3.63, 3.8) is 0 Å². The molecule has 0 aliphatic heterocycles. The maximum absolute atomic E-state index is 11.7. The van der Waals surface area contributed by atoms with E-state index in [0.29, 0.717) is 6.42 Å². The second-order valence-corrected chi connectivity index (χ2v) is 5.77. The first kappa shape index (κ1) is 18.2. The number of aliphatic hydroxyl groups excluding tert-OH is 1. The van der Waals surface area contributed by atoms with Gasteiger partial charge in [0.05, 0.1) is 0 Å². The Morgan fingerprint density at radius 2 is 1.58 bits per heavy atom. The molecule has 4 heteroatoms. The number of hydrogen-bond donors (Lipinski definition) is 2. The number of rotatable bonds is 10. The van der Waals surface area contributed by atoms with E-state index in [1.807, 2.05) is 48.5 Å². The number of esters is 1. The summed E-state index contributed by atoms with van der Waals surface area (Å²) in [5, 5.41) is 13.2. The Labute approximate surface area is 143 Å². The SMILES string of the molecule is O=C(OCc1ccccc1)C(O)CCCCNCc1ccccc1. The standard InChI is InChI=1S/C20H25NO3/c22-19(20(23)24-16-18-11-5-2-6-12-18)13-7-8-14-21-15-17-9-3-1-4-10-17/h1-6,9-12,19,21-22H,7-8,13-16H2. The van der Waals surface area contributed by atoms with Gasteiger partial charge in [-0.2, -0.15) is 0 Å². The minimum Gasteiger partial charge on any atom is -0.459 e. The zero-order chi connectivity index (χ0) is 17.0. The average Bonchev–Trinajstić information content (AvgIpc) is 2.64. The quantitative estimate of drug-likeness (QED) is 0.520. The van der Waals surface area contributed by atoms with Crippen molar-refractivity contribution in [1.29, 1.82) is 0 Å². The van der Waals surface area contributed by atoms with Crippen LogP contribution >= 0.6 is 0 Å². The molecule has 128 valence electrons. The third-order valence-corrected chi connectivity index (χ3v) is 3.75. The van der Waals surface area contributed by atoms with Gasteiger partial charge in [-0.15, -0.1) is 0 Å². The fourth-order valence-corrected chi connectivity index (χ4v) is 2.36. The first-order valence-electron chi connectivity index (χ1n) is 8.39. The molecule has 0 heterocycles. The maximum atomic E-state index is 11.7. The number of hydrogen-bond acceptors (Lipinski definition) is 4. The summed E-state index contributed by atoms with van der Waals surface area (Å²) in [5.74, 6) is -0.545. The second-order valence-electron chi connectivity index (χ2n) is 5.77. The lowest BCUT2D eigenvalue weighted by molar-refractivity contribution is -0.155. The van der Waals surface area contributed by atoms with E-state index in [2.05, 4.69) is 17.4 Å². The molecular weight excluding hydrogens is 302 g/mol. The molecular formula is C20H25NO3. The van der Waals surface area contributed by atoms with Crippen LogP contribution in [-0.4, -0.2) is 23.7 Å². The molecule has 0 fully saturated rings. The molecule has 1 unspecified atom stereocenters. The third kappa shape index (κ3) is 6.94. The van der Waals surface area contributed by atoms with Gasteiger partial charge in [-0.25, -0.2) is 4.79 Å². The summed E-state index contributed by atoms with van der Waals surface area (Å²) in [6.07, 6.45) is 1.09. The third-order valence-electron chi connectivity index (χ3n) is 3.75. The van der Waals surface area contributed by atoms with Crippen LogP contribution in [-0.2, 0) is 22.7 Å². The molecule has 0 radical (unpaired) electrons. The highest BCUT2D eigenvalue weighted by atomic mass is 16.5. The Hall–Kier alpha value is -2.17. The molecule has 0 spiro atoms. The van der Waals surface area contributed by atoms with Crippen LogP contribution in [0.2, 0.25) is 0 Å². The second kappa shape index (κ2) is 10.6. The molecule has 2 aromatic rings. The smallest absolute Gasteiger partial charge is 0.335 e. The van der Waals surface area contributed by atoms with Crippen molar-refractivity contribution in [2.75, 3.05) is 6.54 Å². The van der Waals surface area contributed by atoms with Gasteiger partial charge in [-0.3, -0.25) is 0 Å². The topological polar surface area (TPSA) is 58.6 Å². The number of carbonyl (C=O) groups excluding carboxylic acids is 1. The van der Waals surface area contributed by atoms with E-state index in [1.54, 1.807) is 0 Å². The number of benzene rings is 2. The number of aliphatic hydroxyl groups is 1. The van der Waals surface area contributed by atoms with Gasteiger partial charge in [0.15, 0.2) is 6.10 Å². The summed E-state index contributed by atoms with van der Waals surface area (Å²) in [4.78, 5) is 11.7. The highest BCUT2D eigenvalue weighted by Gasteiger charge is 2.15. The van der Waals surface area contributed by atoms with E-state index in [4.69, 9.17) is 4.74 Å². The van der Waals surface area contributed by atoms with Crippen LogP contribution in [0.5, 0.6) is 0 Å². The van der Waals surface area contributed by atoms with Crippen LogP contribution in [0.3, 0.4) is 0 Å². The number of unbranched alkanes of at least 4 members (excludes halogenated alkanes) is 1. The molecule has 0 saturated heterocycles. The lowest BCUT2D eigenvalue weighted by atomic mass is 10.1. The van der Waals surface area contributed by atoms with Crippen molar-refractivity contribution in [1.82, 2.24) is 5.32 Å². The Bertz CT molecular complexity index is 586. The Morgan fingerprint density at radius 1 is 0.958 bits per heavy atom. The van der Waals surface area contributed by atoms with Gasteiger partial charge in [0, 0.05) is 6.54 Å². The summed E-state index contributed by atoms with van der Waals surface area (Å²) in [7, 11) is 0. The summed E-state index contributed by atoms with van der Waals surface area (Å²) >= 11 is 0. The van der Waals surface area contributed by atoms with Gasteiger partial charge in [0.2, 0.25) is 0 Å². The molecule has 0 bridgehead atoms. The number of ether oxygens (including phenoxy) is 1. The molecule has 24 heavy (non-hydrogen) atoms. The zero-order valence-corrected chi connectivity index (χ0v) is 13.9. The first-order valence-corrected chi connectivity index (χ1v) is 8.39. The summed E-state index contributed by atoms with van der Waals surface area (Å²) < 4.78 is 5.12. The van der Waals surface area contributed by atoms with Gasteiger partial charge < -0.3 is 15.2 Å². The van der Waals surface area contributed by atoms with Crippen molar-refractivity contribution in [2.24, 2.45) is 0 Å². The fourth-order valence-electron chi connectivity index (χ4n) is 2.36. The molecule has 1 atom stereocenters. The fraction of sp³-hybridized carbons (Fsp3) is 0.350. The number of carbonyl (C=O) groups is 1. The van der Waals surface area contributed by atoms with Gasteiger partial charge in [0.1, 0.15) is 6.61 Å². The molecule has 0 aliphatic carbocycles. The molecule has 0 aliphatic rings. The van der Waals surface area contributed by atoms with Crippen LogP contribution in [0.1, 0.15) is 30.4 Å². The lowest BCUT2D eigenvalue weighted by Crippen LogP contribution is -2.23. The van der Waals surface area contributed by atoms with Gasteiger partial charge in [-0.05, 0) is 36.9 Å². The maximum Gasteiger partial charge on any atom is 0.335 e. The van der Waals surface area contributed by atoms with Crippen LogP contribution in [0.4, 0.5) is 0 Å². The van der Waals surface area contributed by atoms with Crippen molar-refractivity contribution < 1.29 is 14.6 Å². The van der Waals surface area contributed by atoms with E-state index in [1.165, 1.54) is 5.56 Å². The predicted octanol–water partition coefficient (Wildman–Crippen LogP) is 3.05. The van der Waals surface area contributed by atoms with Gasteiger partial charge in [-0.1, -0.05) is 60.7 Å². The lowest BCUT2D eigenvalue weighted by Gasteiger charge is -2.11. The highest BCUT2D eigenvalue weighted by molar-refractivity contribution is 5.74. The van der Waals surface area contributed by atoms with Crippen LogP contribution < -0.4 is 5.32 Å². The van der Waals surface area contributed by atoms with Crippen molar-refractivity contribution in [3.8, 4) is 0 Å². The van der Waals surface area contributed by atoms with Crippen molar-refractivity contribution in [3.05, 3.63) is 71.8 Å². The van der Waals surface area contributed by atoms with Crippen LogP contribution in [0.15, 0.2) is 60.7 Å². The van der Waals surface area contributed by atoms with E-state index in [-0.39, 0.29) is 6.61 Å². The van der Waals surface area contributed by atoms with Gasteiger partial charge in [0.25, 0.3) is 0 Å². The monoisotopic (exact) mass is 327 g/mol. The Kier molecular flexibility index (Phi) is 8.01. The van der Waals surface area contributed by atoms with Crippen LogP contribution in [0.25, 0.3) is 0 Å². The average molecular weight is 327 g/mol. The van der Waals surface area contributed by atoms with Crippen molar-refractivity contribution >= 4 is 5.97 Å². The van der Waals surface area contributed by atoms with Gasteiger partial charge >= 0.3 is 5.97 Å². The zero-order valence-electron chi connectivity index (χ0n) is 13.9. The molecule has 0 amide bonds. The predicted molar refractivity (Wildman–Crippen MR) is 94.2 cm³/mol. The minimum atomic E-state index is -1.04. The summed E-state index contributed by atoms with van der Waals surface area (Å²) in [6.45, 7) is 1.90. The van der Waals surface area contributed by atoms with E-state index in [0.717, 1.165) is 31.5 Å². The molecule has 0 aromatic heterocycles. The summed E-state index contributed by atoms with van der Waals surface area (Å²) in [5.41, 5.74) is 2.17. The molecule has 0 saturated carbocycles. The summed E-state index contributed by atoms with van der Waals surface area (Å²) in [6, 6.07) is 19.7. The first-order chi connectivity index (χ1) is 11.8. The van der Waals surface area contributed by atoms with E-state index >= 15 is 0 Å². The molecule has 2 aromatic carbocycles. The minimum absolute atomic E-state index is 0.204. The van der Waals surface area contributed by atoms with Crippen LogP contribution in [0, 0.1) is 0 Å². The normalized spacial score (nSPS) is 11.9. The van der Waals surface area contributed by atoms with E-state index < -0.39 is 12.1 Å². The highest BCUT2D eigenvalue weighted by Crippen LogP contribution is 2.06. The largest absolute Gasteiger partial charge is 0.459 e. The van der Waals surface area contributed by atoms with Crippen molar-refractivity contribution in [2.45, 2.75) is 38.5 Å². The Balaban J connectivity index is 1.52. The number of nitrogens with one attached hydrogen (secondary N) is 1. The molecule has 4 nitrogen and oxygen atoms in total. The Morgan fingerprint density at radius 3 is 2.25 bits per heavy atom.